The molecule has 21 heavy (non-hydrogen) atoms. The first-order valence-corrected chi connectivity index (χ1v) is 7.97. The van der Waals surface area contributed by atoms with Crippen molar-refractivity contribution < 1.29 is 4.74 Å². The minimum atomic E-state index is -0.0549. The largest absolute Gasteiger partial charge is 0.475 e. The first-order valence-electron chi connectivity index (χ1n) is 7.16. The van der Waals surface area contributed by atoms with Crippen LogP contribution in [-0.4, -0.2) is 47.7 Å². The van der Waals surface area contributed by atoms with E-state index in [9.17, 15) is 0 Å². The van der Waals surface area contributed by atoms with Gasteiger partial charge in [-0.1, -0.05) is 0 Å². The first-order chi connectivity index (χ1) is 9.83. The zero-order valence-corrected chi connectivity index (χ0v) is 14.5. The van der Waals surface area contributed by atoms with Gasteiger partial charge >= 0.3 is 0 Å². The lowest BCUT2D eigenvalue weighted by Gasteiger charge is -2.32. The monoisotopic (exact) mass is 308 g/mol. The van der Waals surface area contributed by atoms with Crippen LogP contribution in [0.5, 0.6) is 5.88 Å². The maximum absolute atomic E-state index is 6.02. The fraction of sp³-hybridized carbons (Fsp3) is 0.600. The van der Waals surface area contributed by atoms with Crippen molar-refractivity contribution in [1.82, 2.24) is 14.9 Å². The quantitative estimate of drug-likeness (QED) is 0.888. The highest BCUT2D eigenvalue weighted by Crippen LogP contribution is 2.31. The summed E-state index contributed by atoms with van der Waals surface area (Å²) in [5, 5.41) is 4.16. The molecule has 0 bridgehead atoms. The molecule has 0 spiro atoms. The van der Waals surface area contributed by atoms with Gasteiger partial charge in [-0.25, -0.2) is 4.98 Å². The van der Waals surface area contributed by atoms with Crippen molar-refractivity contribution in [3.05, 3.63) is 10.9 Å². The van der Waals surface area contributed by atoms with Crippen molar-refractivity contribution in [3.8, 4) is 5.88 Å². The molecule has 0 aliphatic rings. The Morgan fingerprint density at radius 1 is 1.33 bits per heavy atom. The summed E-state index contributed by atoms with van der Waals surface area (Å²) >= 11 is 1.66. The molecule has 5 nitrogen and oxygen atoms in total. The van der Waals surface area contributed by atoms with Crippen LogP contribution in [0, 0.1) is 6.92 Å². The van der Waals surface area contributed by atoms with E-state index >= 15 is 0 Å². The Hall–Kier alpha value is -1.40. The Morgan fingerprint density at radius 3 is 2.67 bits per heavy atom. The minimum Gasteiger partial charge on any atom is -0.475 e. The van der Waals surface area contributed by atoms with E-state index in [1.54, 1.807) is 11.3 Å². The van der Waals surface area contributed by atoms with E-state index in [-0.39, 0.29) is 5.54 Å². The number of likely N-dealkylation sites (N-methyl/N-ethyl adjacent to an activating group) is 1. The highest BCUT2D eigenvalue weighted by atomic mass is 32.1. The molecule has 2 rings (SSSR count). The number of nitrogens with zero attached hydrogens (tertiary/aromatic N) is 3. The van der Waals surface area contributed by atoms with Crippen LogP contribution < -0.4 is 10.1 Å². The molecule has 0 saturated carbocycles. The molecule has 116 valence electrons. The number of rotatable bonds is 6. The van der Waals surface area contributed by atoms with E-state index in [2.05, 4.69) is 61.1 Å². The molecule has 0 amide bonds. The number of hydrogen-bond acceptors (Lipinski definition) is 6. The third kappa shape index (κ3) is 3.63. The summed E-state index contributed by atoms with van der Waals surface area (Å²) < 4.78 is 6.02. The van der Waals surface area contributed by atoms with Crippen molar-refractivity contribution in [2.75, 3.05) is 32.6 Å². The van der Waals surface area contributed by atoms with Crippen LogP contribution in [0.15, 0.2) is 6.07 Å². The molecule has 1 N–H and O–H groups in total. The Morgan fingerprint density at radius 2 is 2.05 bits per heavy atom. The molecule has 0 aliphatic heterocycles. The average molecular weight is 308 g/mol. The summed E-state index contributed by atoms with van der Waals surface area (Å²) in [5.74, 6) is 1.29. The number of ether oxygens (including phenoxy) is 1. The van der Waals surface area contributed by atoms with Crippen LogP contribution in [0.3, 0.4) is 0 Å². The van der Waals surface area contributed by atoms with Crippen molar-refractivity contribution >= 4 is 27.5 Å². The highest BCUT2D eigenvalue weighted by Gasteiger charge is 2.22. The van der Waals surface area contributed by atoms with Gasteiger partial charge in [0.25, 0.3) is 0 Å². The fourth-order valence-electron chi connectivity index (χ4n) is 1.74. The predicted octanol–water partition coefficient (Wildman–Crippen LogP) is 3.15. The zero-order valence-electron chi connectivity index (χ0n) is 13.6. The second kappa shape index (κ2) is 6.15. The van der Waals surface area contributed by atoms with Gasteiger partial charge in [0.1, 0.15) is 11.4 Å². The molecule has 0 saturated heterocycles. The molecule has 0 unspecified atom stereocenters. The topological polar surface area (TPSA) is 50.3 Å². The molecule has 0 fully saturated rings. The molecule has 0 atom stereocenters. The predicted molar refractivity (Wildman–Crippen MR) is 89.6 cm³/mol. The van der Waals surface area contributed by atoms with Gasteiger partial charge in [-0.3, -0.25) is 0 Å². The summed E-state index contributed by atoms with van der Waals surface area (Å²) in [6, 6.07) is 2.09. The highest BCUT2D eigenvalue weighted by molar-refractivity contribution is 7.18. The molecule has 0 aliphatic carbocycles. The Balaban J connectivity index is 2.32. The van der Waals surface area contributed by atoms with Crippen LogP contribution in [0.25, 0.3) is 10.2 Å². The van der Waals surface area contributed by atoms with Crippen LogP contribution in [0.2, 0.25) is 0 Å². The molecule has 2 heterocycles. The summed E-state index contributed by atoms with van der Waals surface area (Å²) in [6.45, 7) is 9.77. The van der Waals surface area contributed by atoms with Crippen molar-refractivity contribution in [2.24, 2.45) is 0 Å². The van der Waals surface area contributed by atoms with Crippen molar-refractivity contribution in [3.63, 3.8) is 0 Å². The van der Waals surface area contributed by atoms with Crippen LogP contribution in [-0.2, 0) is 0 Å². The number of nitrogens with one attached hydrogen (secondary N) is 1. The molecule has 6 heteroatoms. The van der Waals surface area contributed by atoms with Crippen molar-refractivity contribution in [2.45, 2.75) is 33.2 Å². The van der Waals surface area contributed by atoms with E-state index in [1.807, 2.05) is 6.92 Å². The number of thiophene rings is 1. The lowest BCUT2D eigenvalue weighted by molar-refractivity contribution is 0.112. The van der Waals surface area contributed by atoms with Gasteiger partial charge in [-0.05, 0) is 47.9 Å². The van der Waals surface area contributed by atoms with Gasteiger partial charge in [0, 0.05) is 17.0 Å². The minimum absolute atomic E-state index is 0.0549. The fourth-order valence-corrected chi connectivity index (χ4v) is 2.61. The lowest BCUT2D eigenvalue weighted by Crippen LogP contribution is -2.43. The molecular weight excluding hydrogens is 284 g/mol. The van der Waals surface area contributed by atoms with Crippen LogP contribution >= 0.6 is 11.3 Å². The van der Waals surface area contributed by atoms with E-state index in [0.717, 1.165) is 16.8 Å². The Kier molecular flexibility index (Phi) is 4.68. The second-order valence-corrected chi connectivity index (χ2v) is 7.19. The third-order valence-corrected chi connectivity index (χ3v) is 4.53. The van der Waals surface area contributed by atoms with Gasteiger partial charge in [-0.2, -0.15) is 4.98 Å². The lowest BCUT2D eigenvalue weighted by atomic mass is 10.1. The first kappa shape index (κ1) is 16.0. The smallest absolute Gasteiger partial charge is 0.227 e. The summed E-state index contributed by atoms with van der Waals surface area (Å²) in [4.78, 5) is 13.4. The van der Waals surface area contributed by atoms with E-state index in [1.165, 1.54) is 4.88 Å². The Labute approximate surface area is 130 Å². The summed E-state index contributed by atoms with van der Waals surface area (Å²) in [7, 11) is 4.11. The third-order valence-electron chi connectivity index (χ3n) is 3.59. The number of aryl methyl sites for hydroxylation is 1. The number of fused-ring (bicyclic) bond motifs is 1. The maximum atomic E-state index is 6.02. The van der Waals surface area contributed by atoms with Gasteiger partial charge in [0.15, 0.2) is 0 Å². The number of aromatic nitrogens is 2. The molecular formula is C15H24N4OS. The maximum Gasteiger partial charge on any atom is 0.227 e. The van der Waals surface area contributed by atoms with E-state index in [4.69, 9.17) is 4.74 Å². The van der Waals surface area contributed by atoms with Gasteiger partial charge in [0.05, 0.1) is 5.39 Å². The normalized spacial score (nSPS) is 12.1. The SMILES string of the molecule is CCNc1nc(OCC(C)(C)N(C)C)c2cc(C)sc2n1. The molecule has 2 aromatic rings. The van der Waals surface area contributed by atoms with Crippen molar-refractivity contribution in [1.29, 1.82) is 0 Å². The van der Waals surface area contributed by atoms with Gasteiger partial charge in [0.2, 0.25) is 11.8 Å². The van der Waals surface area contributed by atoms with Gasteiger partial charge in [-0.15, -0.1) is 11.3 Å². The molecule has 2 aromatic heterocycles. The van der Waals surface area contributed by atoms with Gasteiger partial charge < -0.3 is 15.0 Å². The van der Waals surface area contributed by atoms with E-state index in [0.29, 0.717) is 18.4 Å². The van der Waals surface area contributed by atoms with E-state index < -0.39 is 0 Å². The average Bonchev–Trinajstić information content (AvgIpc) is 2.76. The van der Waals surface area contributed by atoms with Crippen LogP contribution in [0.4, 0.5) is 5.95 Å². The summed E-state index contributed by atoms with van der Waals surface area (Å²) in [6.07, 6.45) is 0. The number of hydrogen-bond donors (Lipinski definition) is 1. The second-order valence-electron chi connectivity index (χ2n) is 5.95. The molecule has 0 radical (unpaired) electrons. The number of anilines is 1. The Bertz CT molecular complexity index is 621. The summed E-state index contributed by atoms with van der Waals surface area (Å²) in [5.41, 5.74) is -0.0549. The zero-order chi connectivity index (χ0) is 15.6. The standard InChI is InChI=1S/C15H24N4OS/c1-7-16-14-17-12(20-9-15(3,4)19(5)6)11-8-10(2)21-13(11)18-14/h8H,7,9H2,1-6H3,(H,16,17,18). The van der Waals surface area contributed by atoms with Crippen LogP contribution in [0.1, 0.15) is 25.6 Å². The molecule has 0 aromatic carbocycles.